The van der Waals surface area contributed by atoms with E-state index >= 15 is 0 Å². The van der Waals surface area contributed by atoms with Crippen LogP contribution in [0.3, 0.4) is 0 Å². The molecule has 3 aromatic rings. The predicted octanol–water partition coefficient (Wildman–Crippen LogP) is 5.49. The highest BCUT2D eigenvalue weighted by molar-refractivity contribution is 9.10. The van der Waals surface area contributed by atoms with Crippen LogP contribution >= 0.6 is 27.3 Å². The van der Waals surface area contributed by atoms with Crippen LogP contribution in [0.25, 0.3) is 0 Å². The Morgan fingerprint density at radius 1 is 1.22 bits per heavy atom. The van der Waals surface area contributed by atoms with Gasteiger partial charge in [0, 0.05) is 33.9 Å². The zero-order chi connectivity index (χ0) is 25.1. The van der Waals surface area contributed by atoms with Gasteiger partial charge in [-0.2, -0.15) is 0 Å². The number of ether oxygens (including phenoxy) is 1. The third-order valence-electron chi connectivity index (χ3n) is 7.51. The second-order valence-electron chi connectivity index (χ2n) is 10.1. The molecule has 5 rings (SSSR count). The summed E-state index contributed by atoms with van der Waals surface area (Å²) in [5.74, 6) is 0.863. The van der Waals surface area contributed by atoms with Crippen LogP contribution in [-0.2, 0) is 17.6 Å². The van der Waals surface area contributed by atoms with Crippen molar-refractivity contribution in [3.05, 3.63) is 86.0 Å². The first-order valence-electron chi connectivity index (χ1n) is 12.7. The van der Waals surface area contributed by atoms with E-state index in [1.54, 1.807) is 11.3 Å². The summed E-state index contributed by atoms with van der Waals surface area (Å²) >= 11 is 5.24. The van der Waals surface area contributed by atoms with Crippen LogP contribution in [0.4, 0.5) is 0 Å². The normalized spacial score (nSPS) is 19.6. The maximum absolute atomic E-state index is 12.9. The Morgan fingerprint density at radius 3 is 2.72 bits per heavy atom. The molecule has 1 fully saturated rings. The van der Waals surface area contributed by atoms with Crippen molar-refractivity contribution in [2.45, 2.75) is 69.2 Å². The molecule has 2 aromatic carbocycles. The lowest BCUT2D eigenvalue weighted by atomic mass is 9.73. The number of fused-ring (bicyclic) bond motifs is 1. The van der Waals surface area contributed by atoms with Gasteiger partial charge in [-0.1, -0.05) is 46.3 Å². The number of carbonyl (C=O) groups excluding carboxylic acids is 1. The van der Waals surface area contributed by atoms with Crippen LogP contribution in [0.15, 0.2) is 64.5 Å². The summed E-state index contributed by atoms with van der Waals surface area (Å²) < 4.78 is 7.42. The van der Waals surface area contributed by atoms with Gasteiger partial charge in [0.1, 0.15) is 11.4 Å². The molecule has 3 N–H and O–H groups in total. The predicted molar refractivity (Wildman–Crippen MR) is 148 cm³/mol. The van der Waals surface area contributed by atoms with Crippen molar-refractivity contribution in [2.24, 2.45) is 0 Å². The number of nitrogens with one attached hydrogen (secondary N) is 2. The molecule has 5 nitrogen and oxygen atoms in total. The first-order chi connectivity index (χ1) is 17.4. The van der Waals surface area contributed by atoms with E-state index in [-0.39, 0.29) is 17.6 Å². The monoisotopic (exact) mass is 568 g/mol. The van der Waals surface area contributed by atoms with Crippen molar-refractivity contribution >= 4 is 33.2 Å². The highest BCUT2D eigenvalue weighted by Crippen LogP contribution is 2.49. The van der Waals surface area contributed by atoms with Gasteiger partial charge in [-0.25, -0.2) is 0 Å². The van der Waals surface area contributed by atoms with Crippen molar-refractivity contribution in [1.29, 1.82) is 0 Å². The molecule has 1 aromatic heterocycles. The standard InChI is InChI=1S/C29H33BrN2O3S/c1-19-21(10-13-36-19)15-28(34)32-24(14-20-6-3-2-4-7-20)26(33)18-31-25-17-29(11-5-12-29)35-27-9-8-22(30)16-23(25)27/h2-4,6-10,13,16,24-26,31,33H,5,11-12,14-15,17-18H2,1H3,(H,32,34)/t24-,25-,26+/m0/s1. The van der Waals surface area contributed by atoms with Gasteiger partial charge in [-0.05, 0) is 73.4 Å². The lowest BCUT2D eigenvalue weighted by molar-refractivity contribution is -0.122. The lowest BCUT2D eigenvalue weighted by Gasteiger charge is -2.48. The summed E-state index contributed by atoms with van der Waals surface area (Å²) in [5, 5.41) is 20.1. The minimum Gasteiger partial charge on any atom is -0.487 e. The van der Waals surface area contributed by atoms with Crippen molar-refractivity contribution in [3.63, 3.8) is 0 Å². The van der Waals surface area contributed by atoms with Gasteiger partial charge in [0.15, 0.2) is 0 Å². The zero-order valence-corrected chi connectivity index (χ0v) is 22.9. The number of rotatable bonds is 9. The number of carbonyl (C=O) groups is 1. The van der Waals surface area contributed by atoms with Crippen LogP contribution in [0, 0.1) is 6.92 Å². The van der Waals surface area contributed by atoms with E-state index in [2.05, 4.69) is 32.6 Å². The summed E-state index contributed by atoms with van der Waals surface area (Å²) in [6.45, 7) is 2.41. The first kappa shape index (κ1) is 25.5. The number of aliphatic hydroxyl groups excluding tert-OH is 1. The number of hydrogen-bond donors (Lipinski definition) is 3. The Morgan fingerprint density at radius 2 is 2.03 bits per heavy atom. The number of aryl methyl sites for hydroxylation is 1. The van der Waals surface area contributed by atoms with E-state index in [1.165, 1.54) is 6.42 Å². The molecule has 190 valence electrons. The number of amides is 1. The molecule has 1 aliphatic heterocycles. The second kappa shape index (κ2) is 11.1. The molecule has 0 unspecified atom stereocenters. The molecule has 7 heteroatoms. The summed E-state index contributed by atoms with van der Waals surface area (Å²) in [5.41, 5.74) is 3.14. The summed E-state index contributed by atoms with van der Waals surface area (Å²) in [6, 6.07) is 17.9. The fourth-order valence-corrected chi connectivity index (χ4v) is 6.39. The van der Waals surface area contributed by atoms with Crippen LogP contribution < -0.4 is 15.4 Å². The Balaban J connectivity index is 1.29. The van der Waals surface area contributed by atoms with Gasteiger partial charge < -0.3 is 20.5 Å². The van der Waals surface area contributed by atoms with Crippen LogP contribution in [-0.4, -0.2) is 35.3 Å². The molecule has 1 amide bonds. The molecule has 0 saturated heterocycles. The summed E-state index contributed by atoms with van der Waals surface area (Å²) in [7, 11) is 0. The molecular formula is C29H33BrN2O3S. The fourth-order valence-electron chi connectivity index (χ4n) is 5.28. The Labute approximate surface area is 225 Å². The zero-order valence-electron chi connectivity index (χ0n) is 20.5. The largest absolute Gasteiger partial charge is 0.487 e. The van der Waals surface area contributed by atoms with E-state index in [9.17, 15) is 9.90 Å². The number of hydrogen-bond acceptors (Lipinski definition) is 5. The topological polar surface area (TPSA) is 70.6 Å². The molecule has 0 bridgehead atoms. The van der Waals surface area contributed by atoms with Crippen molar-refractivity contribution in [1.82, 2.24) is 10.6 Å². The van der Waals surface area contributed by atoms with E-state index in [4.69, 9.17) is 4.74 Å². The third-order valence-corrected chi connectivity index (χ3v) is 8.90. The average Bonchev–Trinajstić information content (AvgIpc) is 3.25. The van der Waals surface area contributed by atoms with Gasteiger partial charge in [0.25, 0.3) is 0 Å². The number of halogens is 1. The Kier molecular flexibility index (Phi) is 7.82. The van der Waals surface area contributed by atoms with E-state index < -0.39 is 12.1 Å². The number of thiophene rings is 1. The Hall–Kier alpha value is -2.19. The van der Waals surface area contributed by atoms with Crippen molar-refractivity contribution in [3.8, 4) is 5.75 Å². The highest BCUT2D eigenvalue weighted by Gasteiger charge is 2.45. The molecule has 2 aliphatic rings. The summed E-state index contributed by atoms with van der Waals surface area (Å²) in [4.78, 5) is 14.1. The smallest absolute Gasteiger partial charge is 0.224 e. The molecule has 3 atom stereocenters. The summed E-state index contributed by atoms with van der Waals surface area (Å²) in [6.07, 6.45) is 4.36. The van der Waals surface area contributed by atoms with Gasteiger partial charge in [0.05, 0.1) is 18.6 Å². The molecule has 0 radical (unpaired) electrons. The van der Waals surface area contributed by atoms with E-state index in [1.807, 2.05) is 60.8 Å². The van der Waals surface area contributed by atoms with Gasteiger partial charge in [-0.3, -0.25) is 4.79 Å². The lowest BCUT2D eigenvalue weighted by Crippen LogP contribution is -2.52. The van der Waals surface area contributed by atoms with E-state index in [0.717, 1.165) is 51.1 Å². The van der Waals surface area contributed by atoms with Gasteiger partial charge >= 0.3 is 0 Å². The maximum Gasteiger partial charge on any atom is 0.224 e. The van der Waals surface area contributed by atoms with E-state index in [0.29, 0.717) is 19.4 Å². The second-order valence-corrected chi connectivity index (χ2v) is 12.1. The number of aliphatic hydroxyl groups is 1. The van der Waals surface area contributed by atoms with Crippen LogP contribution in [0.5, 0.6) is 5.75 Å². The average molecular weight is 570 g/mol. The van der Waals surface area contributed by atoms with Crippen LogP contribution in [0.2, 0.25) is 0 Å². The maximum atomic E-state index is 12.9. The highest BCUT2D eigenvalue weighted by atomic mass is 79.9. The van der Waals surface area contributed by atoms with Crippen LogP contribution in [0.1, 0.15) is 53.3 Å². The SMILES string of the molecule is Cc1sccc1CC(=O)N[C@@H](Cc1ccccc1)[C@H](O)CN[C@H]1CC2(CCC2)Oc2ccc(Br)cc21. The first-order valence-corrected chi connectivity index (χ1v) is 14.3. The quantitative estimate of drug-likeness (QED) is 0.319. The molecule has 1 aliphatic carbocycles. The minimum atomic E-state index is -0.742. The van der Waals surface area contributed by atoms with Crippen molar-refractivity contribution < 1.29 is 14.6 Å². The third kappa shape index (κ3) is 5.86. The number of benzene rings is 2. The van der Waals surface area contributed by atoms with Gasteiger partial charge in [-0.15, -0.1) is 11.3 Å². The fraction of sp³-hybridized carbons (Fsp3) is 0.414. The molecule has 36 heavy (non-hydrogen) atoms. The van der Waals surface area contributed by atoms with Gasteiger partial charge in [0.2, 0.25) is 5.91 Å². The molecule has 1 saturated carbocycles. The van der Waals surface area contributed by atoms with Crippen molar-refractivity contribution in [2.75, 3.05) is 6.54 Å². The molecular weight excluding hydrogens is 536 g/mol. The minimum absolute atomic E-state index is 0.0646. The molecule has 1 spiro atoms. The molecule has 2 heterocycles. The Bertz CT molecular complexity index is 1190.